The molecule has 0 aliphatic rings. The van der Waals surface area contributed by atoms with Crippen molar-refractivity contribution in [3.8, 4) is 0 Å². The van der Waals surface area contributed by atoms with Crippen molar-refractivity contribution in [1.29, 1.82) is 0 Å². The average Bonchev–Trinajstić information content (AvgIpc) is 2.16. The Labute approximate surface area is 87.2 Å². The minimum absolute atomic E-state index is 0.0629. The summed E-state index contributed by atoms with van der Waals surface area (Å²) < 4.78 is 4.82. The van der Waals surface area contributed by atoms with E-state index in [4.69, 9.17) is 22.2 Å². The molecular formula is C8H12ClN3O2. The molecule has 0 spiro atoms. The topological polar surface area (TPSA) is 76.7 Å². The van der Waals surface area contributed by atoms with Crippen molar-refractivity contribution in [2.75, 3.05) is 7.11 Å². The van der Waals surface area contributed by atoms with Crippen LogP contribution in [0.25, 0.3) is 0 Å². The van der Waals surface area contributed by atoms with E-state index in [1.165, 1.54) is 13.2 Å². The number of methoxy groups -OCH3 is 1. The number of nitrogens with zero attached hydrogens (tertiary/aromatic N) is 1. The summed E-state index contributed by atoms with van der Waals surface area (Å²) in [6, 6.07) is 0. The lowest BCUT2D eigenvalue weighted by atomic mass is 10.2. The molecule has 0 unspecified atom stereocenters. The number of nitrogens with two attached hydrogens (primary N) is 1. The van der Waals surface area contributed by atoms with Crippen LogP contribution in [0, 0.1) is 0 Å². The van der Waals surface area contributed by atoms with Crippen molar-refractivity contribution in [3.63, 3.8) is 0 Å². The highest BCUT2D eigenvalue weighted by atomic mass is 35.5. The van der Waals surface area contributed by atoms with Crippen LogP contribution in [0.4, 0.5) is 0 Å². The highest BCUT2D eigenvalue weighted by Crippen LogP contribution is 2.12. The number of carbonyl (C=O) groups excluding carboxylic acids is 1. The van der Waals surface area contributed by atoms with Crippen molar-refractivity contribution in [3.05, 3.63) is 22.6 Å². The fourth-order valence-corrected chi connectivity index (χ4v) is 0.870. The maximum absolute atomic E-state index is 11.2. The number of ether oxygens (including phenoxy) is 1. The van der Waals surface area contributed by atoms with E-state index in [1.807, 2.05) is 5.43 Å². The van der Waals surface area contributed by atoms with Crippen LogP contribution in [0.2, 0.25) is 0 Å². The summed E-state index contributed by atoms with van der Waals surface area (Å²) in [6.45, 7) is 4.86. The van der Waals surface area contributed by atoms with Gasteiger partial charge in [0.05, 0.1) is 7.11 Å². The van der Waals surface area contributed by atoms with Crippen LogP contribution < -0.4 is 11.3 Å². The molecule has 0 bridgehead atoms. The lowest BCUT2D eigenvalue weighted by Crippen LogP contribution is -2.31. The average molecular weight is 218 g/mol. The molecule has 0 aliphatic carbocycles. The first-order valence-corrected chi connectivity index (χ1v) is 4.04. The molecule has 78 valence electrons. The first-order valence-electron chi connectivity index (χ1n) is 3.66. The van der Waals surface area contributed by atoms with Crippen molar-refractivity contribution < 1.29 is 9.53 Å². The fraction of sp³-hybridized carbons (Fsp3) is 0.250. The van der Waals surface area contributed by atoms with Gasteiger partial charge in [0.1, 0.15) is 5.57 Å². The number of allylic oxidation sites excluding steroid dienone is 1. The zero-order valence-electron chi connectivity index (χ0n) is 8.00. The molecule has 0 radical (unpaired) electrons. The standard InChI is InChI=1S/C8H12ClN3O2/c1-5(9)4-6(7(13)12-10)8(11-2)14-3/h4H,2,10H2,1,3H3,(H,12,13)/b5-4+,8-6-. The summed E-state index contributed by atoms with van der Waals surface area (Å²) >= 11 is 5.62. The molecule has 0 heterocycles. The first kappa shape index (κ1) is 12.7. The van der Waals surface area contributed by atoms with E-state index in [2.05, 4.69) is 11.7 Å². The van der Waals surface area contributed by atoms with Crippen LogP contribution in [-0.4, -0.2) is 19.7 Å². The molecule has 0 saturated carbocycles. The van der Waals surface area contributed by atoms with Gasteiger partial charge in [0, 0.05) is 5.03 Å². The largest absolute Gasteiger partial charge is 0.480 e. The molecular weight excluding hydrogens is 206 g/mol. The van der Waals surface area contributed by atoms with Gasteiger partial charge < -0.3 is 4.74 Å². The van der Waals surface area contributed by atoms with Crippen molar-refractivity contribution >= 4 is 24.2 Å². The monoisotopic (exact) mass is 217 g/mol. The number of amides is 1. The van der Waals surface area contributed by atoms with Crippen LogP contribution >= 0.6 is 11.6 Å². The molecule has 0 aromatic heterocycles. The van der Waals surface area contributed by atoms with Gasteiger partial charge in [0.2, 0.25) is 5.88 Å². The van der Waals surface area contributed by atoms with Gasteiger partial charge in [-0.2, -0.15) is 0 Å². The Morgan fingerprint density at radius 1 is 1.71 bits per heavy atom. The Balaban J connectivity index is 5.27. The third kappa shape index (κ3) is 3.59. The van der Waals surface area contributed by atoms with E-state index >= 15 is 0 Å². The predicted octanol–water partition coefficient (Wildman–Crippen LogP) is 0.678. The number of hydrogen-bond donors (Lipinski definition) is 2. The van der Waals surface area contributed by atoms with E-state index in [0.29, 0.717) is 5.03 Å². The fourth-order valence-electron chi connectivity index (χ4n) is 0.761. The number of carbonyl (C=O) groups is 1. The van der Waals surface area contributed by atoms with Gasteiger partial charge >= 0.3 is 0 Å². The van der Waals surface area contributed by atoms with Crippen LogP contribution in [0.15, 0.2) is 27.6 Å². The number of aliphatic imine (C=N–C) groups is 1. The second kappa shape index (κ2) is 6.17. The van der Waals surface area contributed by atoms with E-state index in [0.717, 1.165) is 0 Å². The lowest BCUT2D eigenvalue weighted by Gasteiger charge is -2.05. The molecule has 0 saturated heterocycles. The molecule has 1 amide bonds. The smallest absolute Gasteiger partial charge is 0.270 e. The van der Waals surface area contributed by atoms with Gasteiger partial charge in [-0.3, -0.25) is 10.2 Å². The number of hydrogen-bond acceptors (Lipinski definition) is 4. The van der Waals surface area contributed by atoms with Crippen molar-refractivity contribution in [2.45, 2.75) is 6.92 Å². The molecule has 0 rings (SSSR count). The van der Waals surface area contributed by atoms with Crippen molar-refractivity contribution in [2.24, 2.45) is 10.8 Å². The third-order valence-electron chi connectivity index (χ3n) is 1.29. The van der Waals surface area contributed by atoms with Crippen molar-refractivity contribution in [1.82, 2.24) is 5.43 Å². The van der Waals surface area contributed by atoms with E-state index in [9.17, 15) is 4.79 Å². The minimum atomic E-state index is -0.547. The first-order chi connectivity index (χ1) is 6.56. The number of nitrogens with one attached hydrogen (secondary N) is 1. The zero-order valence-corrected chi connectivity index (χ0v) is 8.76. The molecule has 0 aromatic rings. The normalized spacial score (nSPS) is 13.0. The molecule has 14 heavy (non-hydrogen) atoms. The Kier molecular flexibility index (Phi) is 5.59. The molecule has 0 fully saturated rings. The summed E-state index contributed by atoms with van der Waals surface area (Å²) in [5, 5.41) is 0.404. The maximum Gasteiger partial charge on any atom is 0.270 e. The Morgan fingerprint density at radius 3 is 2.57 bits per heavy atom. The zero-order chi connectivity index (χ0) is 11.1. The van der Waals surface area contributed by atoms with E-state index in [1.54, 1.807) is 6.92 Å². The molecule has 0 aliphatic heterocycles. The molecule has 3 N–H and O–H groups in total. The number of hydrazine groups is 1. The van der Waals surface area contributed by atoms with Crippen LogP contribution in [0.5, 0.6) is 0 Å². The summed E-state index contributed by atoms with van der Waals surface area (Å²) in [7, 11) is 1.37. The Bertz CT molecular complexity index is 293. The van der Waals surface area contributed by atoms with Gasteiger partial charge in [0.25, 0.3) is 5.91 Å². The summed E-state index contributed by atoms with van der Waals surface area (Å²) in [4.78, 5) is 14.8. The van der Waals surface area contributed by atoms with E-state index < -0.39 is 5.91 Å². The van der Waals surface area contributed by atoms with Gasteiger partial charge in [-0.15, -0.1) is 0 Å². The number of halogens is 1. The molecule has 0 atom stereocenters. The van der Waals surface area contributed by atoms with Crippen LogP contribution in [0.3, 0.4) is 0 Å². The molecule has 0 aromatic carbocycles. The van der Waals surface area contributed by atoms with Crippen LogP contribution in [0.1, 0.15) is 6.92 Å². The second-order valence-corrected chi connectivity index (χ2v) is 2.88. The predicted molar refractivity (Wildman–Crippen MR) is 55.5 cm³/mol. The Hall–Kier alpha value is -1.33. The van der Waals surface area contributed by atoms with Gasteiger partial charge in [-0.1, -0.05) is 11.6 Å². The highest BCUT2D eigenvalue weighted by Gasteiger charge is 2.12. The Morgan fingerprint density at radius 2 is 2.29 bits per heavy atom. The van der Waals surface area contributed by atoms with Gasteiger partial charge in [0.15, 0.2) is 0 Å². The van der Waals surface area contributed by atoms with Gasteiger partial charge in [-0.05, 0) is 19.7 Å². The summed E-state index contributed by atoms with van der Waals surface area (Å²) in [5.74, 6) is 4.49. The van der Waals surface area contributed by atoms with Gasteiger partial charge in [-0.25, -0.2) is 10.8 Å². The number of rotatable bonds is 4. The molecule has 5 nitrogen and oxygen atoms in total. The second-order valence-electron chi connectivity index (χ2n) is 2.29. The summed E-state index contributed by atoms with van der Waals surface area (Å²) in [6.07, 6.45) is 1.39. The molecule has 6 heteroatoms. The maximum atomic E-state index is 11.2. The van der Waals surface area contributed by atoms with E-state index in [-0.39, 0.29) is 11.5 Å². The lowest BCUT2D eigenvalue weighted by molar-refractivity contribution is -0.117. The summed E-state index contributed by atoms with van der Waals surface area (Å²) in [5.41, 5.74) is 2.07. The minimum Gasteiger partial charge on any atom is -0.480 e. The SMILES string of the molecule is C=N/C(OC)=C(\C=C(/C)Cl)C(=O)NN. The van der Waals surface area contributed by atoms with Crippen LogP contribution in [-0.2, 0) is 9.53 Å². The quantitative estimate of drug-likeness (QED) is 0.138. The third-order valence-corrected chi connectivity index (χ3v) is 1.40. The highest BCUT2D eigenvalue weighted by molar-refractivity contribution is 6.29.